The number of amides is 1. The average molecular weight is 391 g/mol. The van der Waals surface area contributed by atoms with Crippen molar-refractivity contribution in [3.63, 3.8) is 0 Å². The predicted octanol–water partition coefficient (Wildman–Crippen LogP) is 2.73. The molecule has 1 N–H and O–H groups in total. The fraction of sp³-hybridized carbons (Fsp3) is 0.600. The topological polar surface area (TPSA) is 91.8 Å². The second-order valence-electron chi connectivity index (χ2n) is 8.23. The fourth-order valence-electron chi connectivity index (χ4n) is 4.77. The first-order valence-corrected chi connectivity index (χ1v) is 11.2. The van der Waals surface area contributed by atoms with E-state index < -0.39 is 15.8 Å². The van der Waals surface area contributed by atoms with Gasteiger partial charge in [0.1, 0.15) is 0 Å². The third-order valence-corrected chi connectivity index (χ3v) is 8.98. The summed E-state index contributed by atoms with van der Waals surface area (Å²) in [5.74, 6) is -1.09. The molecule has 0 aromatic heterocycles. The van der Waals surface area contributed by atoms with Gasteiger partial charge in [0.25, 0.3) is 5.91 Å². The van der Waals surface area contributed by atoms with Gasteiger partial charge in [-0.2, -0.15) is 0 Å². The van der Waals surface area contributed by atoms with E-state index in [0.29, 0.717) is 23.5 Å². The highest BCUT2D eigenvalue weighted by Crippen LogP contribution is 2.59. The molecule has 0 radical (unpaired) electrons. The first kappa shape index (κ1) is 18.5. The number of rotatable bonds is 4. The Morgan fingerprint density at radius 3 is 2.15 bits per heavy atom. The zero-order chi connectivity index (χ0) is 19.2. The van der Waals surface area contributed by atoms with Crippen LogP contribution in [-0.4, -0.2) is 48.6 Å². The number of piperidine rings is 1. The molecule has 1 saturated heterocycles. The van der Waals surface area contributed by atoms with Crippen molar-refractivity contribution in [2.45, 2.75) is 55.1 Å². The lowest BCUT2D eigenvalue weighted by molar-refractivity contribution is -0.139. The third kappa shape index (κ3) is 3.26. The molecule has 1 aromatic carbocycles. The molecular formula is C20H25NO5S. The summed E-state index contributed by atoms with van der Waals surface area (Å²) >= 11 is 0. The normalized spacial score (nSPS) is 24.9. The van der Waals surface area contributed by atoms with E-state index in [0.717, 1.165) is 44.9 Å². The summed E-state index contributed by atoms with van der Waals surface area (Å²) in [5.41, 5.74) is 0.379. The Bertz CT molecular complexity index is 847. The Labute approximate surface area is 159 Å². The standard InChI is InChI=1S/C20H25NO5S/c22-18(21-11-9-20(10-12-21)13-17(20)19(23)24)14-5-7-16(8-6-14)27(25,26)15-3-1-2-4-15/h5-8,15,17H,1-4,9-13H2,(H,23,24). The molecule has 2 saturated carbocycles. The lowest BCUT2D eigenvalue weighted by atomic mass is 9.90. The van der Waals surface area contributed by atoms with E-state index in [1.165, 1.54) is 0 Å². The number of nitrogens with zero attached hydrogens (tertiary/aromatic N) is 1. The Kier molecular flexibility index (Phi) is 4.53. The number of hydrogen-bond donors (Lipinski definition) is 1. The van der Waals surface area contributed by atoms with Crippen LogP contribution >= 0.6 is 0 Å². The van der Waals surface area contributed by atoms with E-state index in [-0.39, 0.29) is 22.5 Å². The van der Waals surface area contributed by atoms with E-state index in [9.17, 15) is 18.0 Å². The van der Waals surface area contributed by atoms with Gasteiger partial charge < -0.3 is 10.0 Å². The molecule has 1 spiro atoms. The summed E-state index contributed by atoms with van der Waals surface area (Å²) in [6, 6.07) is 6.30. The molecule has 146 valence electrons. The molecule has 1 atom stereocenters. The van der Waals surface area contributed by atoms with Crippen LogP contribution < -0.4 is 0 Å². The van der Waals surface area contributed by atoms with E-state index in [1.807, 2.05) is 0 Å². The van der Waals surface area contributed by atoms with Crippen molar-refractivity contribution in [3.05, 3.63) is 29.8 Å². The molecule has 7 heteroatoms. The number of carboxylic acids is 1. The number of carboxylic acid groups (broad SMARTS) is 1. The van der Waals surface area contributed by atoms with Crippen molar-refractivity contribution in [2.24, 2.45) is 11.3 Å². The van der Waals surface area contributed by atoms with Crippen LogP contribution in [0.2, 0.25) is 0 Å². The minimum absolute atomic E-state index is 0.109. The molecule has 6 nitrogen and oxygen atoms in total. The average Bonchev–Trinajstić information content (AvgIpc) is 3.09. The van der Waals surface area contributed by atoms with Crippen LogP contribution in [0.1, 0.15) is 55.3 Å². The Morgan fingerprint density at radius 2 is 1.63 bits per heavy atom. The van der Waals surface area contributed by atoms with Crippen molar-refractivity contribution in [3.8, 4) is 0 Å². The number of carbonyl (C=O) groups excluding carboxylic acids is 1. The molecule has 1 unspecified atom stereocenters. The number of sulfone groups is 1. The maximum absolute atomic E-state index is 12.7. The monoisotopic (exact) mass is 391 g/mol. The molecule has 27 heavy (non-hydrogen) atoms. The molecule has 0 bridgehead atoms. The van der Waals surface area contributed by atoms with Gasteiger partial charge in [0.05, 0.1) is 16.1 Å². The Morgan fingerprint density at radius 1 is 1.04 bits per heavy atom. The smallest absolute Gasteiger partial charge is 0.307 e. The predicted molar refractivity (Wildman–Crippen MR) is 99.2 cm³/mol. The van der Waals surface area contributed by atoms with Gasteiger partial charge in [-0.25, -0.2) is 8.42 Å². The number of likely N-dealkylation sites (tertiary alicyclic amines) is 1. The van der Waals surface area contributed by atoms with Crippen molar-refractivity contribution in [1.29, 1.82) is 0 Å². The van der Waals surface area contributed by atoms with Crippen LogP contribution in [0, 0.1) is 11.3 Å². The summed E-state index contributed by atoms with van der Waals surface area (Å²) in [6.45, 7) is 1.12. The molecule has 1 aliphatic heterocycles. The number of benzene rings is 1. The van der Waals surface area contributed by atoms with Crippen molar-refractivity contribution in [1.82, 2.24) is 4.90 Å². The molecule has 1 amide bonds. The van der Waals surface area contributed by atoms with Gasteiger partial charge in [-0.15, -0.1) is 0 Å². The molecule has 3 fully saturated rings. The Hall–Kier alpha value is -1.89. The molecule has 3 aliphatic rings. The molecule has 2 aliphatic carbocycles. The van der Waals surface area contributed by atoms with E-state index in [2.05, 4.69) is 0 Å². The van der Waals surface area contributed by atoms with Crippen LogP contribution in [0.3, 0.4) is 0 Å². The first-order chi connectivity index (χ1) is 12.8. The summed E-state index contributed by atoms with van der Waals surface area (Å²) < 4.78 is 25.3. The second-order valence-corrected chi connectivity index (χ2v) is 10.5. The first-order valence-electron chi connectivity index (χ1n) is 9.70. The highest BCUT2D eigenvalue weighted by Gasteiger charge is 2.59. The minimum Gasteiger partial charge on any atom is -0.481 e. The molecule has 1 aromatic rings. The van der Waals surface area contributed by atoms with Gasteiger partial charge in [-0.05, 0) is 61.8 Å². The highest BCUT2D eigenvalue weighted by molar-refractivity contribution is 7.92. The van der Waals surface area contributed by atoms with Crippen molar-refractivity contribution in [2.75, 3.05) is 13.1 Å². The Balaban J connectivity index is 1.41. The SMILES string of the molecule is O=C(O)C1CC12CCN(C(=O)c1ccc(S(=O)(=O)C3CCCC3)cc1)CC2. The molecular weight excluding hydrogens is 366 g/mol. The summed E-state index contributed by atoms with van der Waals surface area (Å²) in [5, 5.41) is 8.87. The maximum atomic E-state index is 12.7. The summed E-state index contributed by atoms with van der Waals surface area (Å²) in [6.07, 6.45) is 5.52. The highest BCUT2D eigenvalue weighted by atomic mass is 32.2. The van der Waals surface area contributed by atoms with Gasteiger partial charge in [0.2, 0.25) is 0 Å². The minimum atomic E-state index is -3.31. The largest absolute Gasteiger partial charge is 0.481 e. The van der Waals surface area contributed by atoms with Crippen LogP contribution in [0.25, 0.3) is 0 Å². The van der Waals surface area contributed by atoms with Crippen molar-refractivity contribution < 1.29 is 23.1 Å². The molecule has 1 heterocycles. The number of aliphatic carboxylic acids is 1. The van der Waals surface area contributed by atoms with E-state index in [1.54, 1.807) is 29.2 Å². The van der Waals surface area contributed by atoms with Crippen LogP contribution in [0.15, 0.2) is 29.2 Å². The zero-order valence-electron chi connectivity index (χ0n) is 15.3. The van der Waals surface area contributed by atoms with Gasteiger partial charge in [0, 0.05) is 18.7 Å². The van der Waals surface area contributed by atoms with Crippen LogP contribution in [-0.2, 0) is 14.6 Å². The third-order valence-electron chi connectivity index (χ3n) is 6.71. The summed E-state index contributed by atoms with van der Waals surface area (Å²) in [7, 11) is -3.31. The van der Waals surface area contributed by atoms with Crippen molar-refractivity contribution >= 4 is 21.7 Å². The fourth-order valence-corrected chi connectivity index (χ4v) is 6.62. The number of hydrogen-bond acceptors (Lipinski definition) is 4. The van der Waals surface area contributed by atoms with Gasteiger partial charge in [-0.3, -0.25) is 9.59 Å². The second kappa shape index (κ2) is 6.62. The lowest BCUT2D eigenvalue weighted by Crippen LogP contribution is -2.40. The van der Waals surface area contributed by atoms with Gasteiger partial charge >= 0.3 is 5.97 Å². The quantitative estimate of drug-likeness (QED) is 0.852. The summed E-state index contributed by atoms with van der Waals surface area (Å²) in [4.78, 5) is 25.9. The maximum Gasteiger partial charge on any atom is 0.307 e. The zero-order valence-corrected chi connectivity index (χ0v) is 16.1. The van der Waals surface area contributed by atoms with Gasteiger partial charge in [-0.1, -0.05) is 12.8 Å². The molecule has 4 rings (SSSR count). The van der Waals surface area contributed by atoms with Crippen LogP contribution in [0.5, 0.6) is 0 Å². The van der Waals surface area contributed by atoms with Gasteiger partial charge in [0.15, 0.2) is 9.84 Å². The van der Waals surface area contributed by atoms with Crippen LogP contribution in [0.4, 0.5) is 0 Å². The lowest BCUT2D eigenvalue weighted by Gasteiger charge is -2.32. The van der Waals surface area contributed by atoms with E-state index in [4.69, 9.17) is 5.11 Å². The number of carbonyl (C=O) groups is 2. The van der Waals surface area contributed by atoms with E-state index >= 15 is 0 Å².